The molecule has 1 aliphatic rings. The van der Waals surface area contributed by atoms with E-state index in [1.165, 1.54) is 12.5 Å². The molecule has 0 saturated heterocycles. The van der Waals surface area contributed by atoms with E-state index in [-0.39, 0.29) is 17.0 Å². The fraction of sp³-hybridized carbons (Fsp3) is 0.467. The number of aromatic carboxylic acids is 1. The molecule has 0 aromatic heterocycles. The fourth-order valence-electron chi connectivity index (χ4n) is 2.57. The minimum atomic E-state index is -1.07. The molecule has 0 aliphatic heterocycles. The lowest BCUT2D eigenvalue weighted by Crippen LogP contribution is -2.43. The quantitative estimate of drug-likeness (QED) is 0.751. The average Bonchev–Trinajstić information content (AvgIpc) is 2.40. The van der Waals surface area contributed by atoms with E-state index in [1.807, 2.05) is 0 Å². The van der Waals surface area contributed by atoms with Gasteiger partial charge in [-0.25, -0.2) is 9.59 Å². The van der Waals surface area contributed by atoms with Crippen LogP contribution in [0.15, 0.2) is 22.7 Å². The molecule has 3 N–H and O–H groups in total. The first kappa shape index (κ1) is 15.8. The summed E-state index contributed by atoms with van der Waals surface area (Å²) < 4.78 is 0.658. The fourth-order valence-corrected chi connectivity index (χ4v) is 2.93. The van der Waals surface area contributed by atoms with Crippen molar-refractivity contribution in [3.05, 3.63) is 28.2 Å². The van der Waals surface area contributed by atoms with Crippen LogP contribution >= 0.6 is 15.9 Å². The number of nitrogens with one attached hydrogen (secondary N) is 2. The van der Waals surface area contributed by atoms with Gasteiger partial charge in [0.05, 0.1) is 11.3 Å². The molecule has 0 heterocycles. The van der Waals surface area contributed by atoms with E-state index in [9.17, 15) is 9.59 Å². The molecular formula is C15H19BrN2O3. The highest BCUT2D eigenvalue weighted by Crippen LogP contribution is 2.43. The number of hydrogen-bond acceptors (Lipinski definition) is 2. The maximum atomic E-state index is 11.9. The minimum Gasteiger partial charge on any atom is -0.478 e. The van der Waals surface area contributed by atoms with Crippen LogP contribution in [0, 0.1) is 5.41 Å². The molecule has 5 nitrogen and oxygen atoms in total. The topological polar surface area (TPSA) is 78.4 Å². The van der Waals surface area contributed by atoms with E-state index >= 15 is 0 Å². The minimum absolute atomic E-state index is 0.0633. The number of rotatable bonds is 5. The zero-order valence-electron chi connectivity index (χ0n) is 11.9. The van der Waals surface area contributed by atoms with E-state index in [0.717, 1.165) is 19.3 Å². The van der Waals surface area contributed by atoms with Crippen molar-refractivity contribution in [2.24, 2.45) is 5.41 Å². The van der Waals surface area contributed by atoms with Gasteiger partial charge in [0.2, 0.25) is 0 Å². The molecule has 1 fully saturated rings. The molecule has 1 aliphatic carbocycles. The second-order valence-electron chi connectivity index (χ2n) is 5.51. The molecule has 2 amide bonds. The molecule has 1 aromatic rings. The van der Waals surface area contributed by atoms with Crippen molar-refractivity contribution < 1.29 is 14.7 Å². The van der Waals surface area contributed by atoms with Gasteiger partial charge in [0.25, 0.3) is 0 Å². The summed E-state index contributed by atoms with van der Waals surface area (Å²) in [6, 6.07) is 4.38. The summed E-state index contributed by atoms with van der Waals surface area (Å²) in [5.74, 6) is -1.07. The zero-order valence-corrected chi connectivity index (χ0v) is 13.5. The van der Waals surface area contributed by atoms with Gasteiger partial charge in [0.15, 0.2) is 0 Å². The summed E-state index contributed by atoms with van der Waals surface area (Å²) in [6.45, 7) is 2.77. The van der Waals surface area contributed by atoms with Crippen molar-refractivity contribution in [1.29, 1.82) is 0 Å². The van der Waals surface area contributed by atoms with Gasteiger partial charge in [0.1, 0.15) is 0 Å². The molecule has 6 heteroatoms. The molecule has 2 rings (SSSR count). The van der Waals surface area contributed by atoms with Gasteiger partial charge in [-0.2, -0.15) is 0 Å². The van der Waals surface area contributed by atoms with Gasteiger partial charge in [-0.15, -0.1) is 0 Å². The molecule has 1 saturated carbocycles. The maximum Gasteiger partial charge on any atom is 0.337 e. The average molecular weight is 355 g/mol. The standard InChI is InChI=1S/C15H19BrN2O3/c1-2-15(6-3-7-15)9-17-14(21)18-12-5-4-10(16)8-11(12)13(19)20/h4-5,8H,2-3,6-7,9H2,1H3,(H,19,20)(H2,17,18,21). The summed E-state index contributed by atoms with van der Waals surface area (Å²) in [4.78, 5) is 23.1. The van der Waals surface area contributed by atoms with Crippen LogP contribution in [0.3, 0.4) is 0 Å². The van der Waals surface area contributed by atoms with Crippen molar-refractivity contribution in [1.82, 2.24) is 5.32 Å². The van der Waals surface area contributed by atoms with Crippen molar-refractivity contribution in [3.8, 4) is 0 Å². The summed E-state index contributed by atoms with van der Waals surface area (Å²) in [5.41, 5.74) is 0.586. The third kappa shape index (κ3) is 3.75. The van der Waals surface area contributed by atoms with E-state index in [0.29, 0.717) is 16.7 Å². The highest BCUT2D eigenvalue weighted by molar-refractivity contribution is 9.10. The SMILES string of the molecule is CCC1(CNC(=O)Nc2ccc(Br)cc2C(=O)O)CCC1. The predicted octanol–water partition coefficient (Wildman–Crippen LogP) is 3.85. The molecule has 114 valence electrons. The summed E-state index contributed by atoms with van der Waals surface area (Å²) >= 11 is 3.22. The van der Waals surface area contributed by atoms with Gasteiger partial charge >= 0.3 is 12.0 Å². The number of carbonyl (C=O) groups excluding carboxylic acids is 1. The Bertz CT molecular complexity index is 550. The highest BCUT2D eigenvalue weighted by atomic mass is 79.9. The van der Waals surface area contributed by atoms with E-state index < -0.39 is 5.97 Å². The highest BCUT2D eigenvalue weighted by Gasteiger charge is 2.35. The Hall–Kier alpha value is -1.56. The van der Waals surface area contributed by atoms with Gasteiger partial charge in [-0.05, 0) is 42.9 Å². The Balaban J connectivity index is 1.98. The van der Waals surface area contributed by atoms with Crippen molar-refractivity contribution in [2.75, 3.05) is 11.9 Å². The Labute approximate surface area is 132 Å². The number of urea groups is 1. The van der Waals surface area contributed by atoms with E-state index in [4.69, 9.17) is 5.11 Å². The number of carbonyl (C=O) groups is 2. The Morgan fingerprint density at radius 1 is 1.38 bits per heavy atom. The molecule has 0 atom stereocenters. The Kier molecular flexibility index (Phi) is 4.88. The first-order valence-electron chi connectivity index (χ1n) is 7.03. The zero-order chi connectivity index (χ0) is 15.5. The first-order valence-corrected chi connectivity index (χ1v) is 7.83. The Morgan fingerprint density at radius 2 is 2.10 bits per heavy atom. The molecule has 0 bridgehead atoms. The van der Waals surface area contributed by atoms with Gasteiger partial charge in [0, 0.05) is 11.0 Å². The monoisotopic (exact) mass is 354 g/mol. The van der Waals surface area contributed by atoms with Crippen LogP contribution in [0.25, 0.3) is 0 Å². The number of amides is 2. The summed E-state index contributed by atoms with van der Waals surface area (Å²) in [5, 5.41) is 14.6. The number of carboxylic acid groups (broad SMARTS) is 1. The van der Waals surface area contributed by atoms with Crippen molar-refractivity contribution >= 4 is 33.6 Å². The number of halogens is 1. The van der Waals surface area contributed by atoms with Crippen LogP contribution in [0.1, 0.15) is 43.0 Å². The lowest BCUT2D eigenvalue weighted by Gasteiger charge is -2.41. The van der Waals surface area contributed by atoms with Crippen molar-refractivity contribution in [2.45, 2.75) is 32.6 Å². The van der Waals surface area contributed by atoms with Crippen LogP contribution in [0.5, 0.6) is 0 Å². The Morgan fingerprint density at radius 3 is 2.62 bits per heavy atom. The number of anilines is 1. The van der Waals surface area contributed by atoms with Crippen molar-refractivity contribution in [3.63, 3.8) is 0 Å². The molecule has 1 aromatic carbocycles. The molecule has 0 unspecified atom stereocenters. The van der Waals surface area contributed by atoms with Crippen LogP contribution < -0.4 is 10.6 Å². The van der Waals surface area contributed by atoms with Gasteiger partial charge in [-0.1, -0.05) is 29.3 Å². The van der Waals surface area contributed by atoms with Crippen LogP contribution in [-0.4, -0.2) is 23.7 Å². The largest absolute Gasteiger partial charge is 0.478 e. The van der Waals surface area contributed by atoms with Crippen LogP contribution in [-0.2, 0) is 0 Å². The number of benzene rings is 1. The molecule has 21 heavy (non-hydrogen) atoms. The summed E-state index contributed by atoms with van der Waals surface area (Å²) in [6.07, 6.45) is 4.55. The maximum absolute atomic E-state index is 11.9. The second kappa shape index (κ2) is 6.47. The van der Waals surface area contributed by atoms with Gasteiger partial charge < -0.3 is 15.7 Å². The third-order valence-corrected chi connectivity index (χ3v) is 4.74. The van der Waals surface area contributed by atoms with Crippen LogP contribution in [0.2, 0.25) is 0 Å². The molecular weight excluding hydrogens is 336 g/mol. The smallest absolute Gasteiger partial charge is 0.337 e. The lowest BCUT2D eigenvalue weighted by atomic mass is 9.67. The van der Waals surface area contributed by atoms with E-state index in [1.54, 1.807) is 12.1 Å². The number of carboxylic acids is 1. The van der Waals surface area contributed by atoms with Gasteiger partial charge in [-0.3, -0.25) is 0 Å². The molecule has 0 spiro atoms. The molecule has 0 radical (unpaired) electrons. The normalized spacial score (nSPS) is 15.9. The van der Waals surface area contributed by atoms with Crippen LogP contribution in [0.4, 0.5) is 10.5 Å². The summed E-state index contributed by atoms with van der Waals surface area (Å²) in [7, 11) is 0. The second-order valence-corrected chi connectivity index (χ2v) is 6.43. The first-order chi connectivity index (χ1) is 9.96. The lowest BCUT2D eigenvalue weighted by molar-refractivity contribution is 0.0698. The third-order valence-electron chi connectivity index (χ3n) is 4.25. The van der Waals surface area contributed by atoms with E-state index in [2.05, 4.69) is 33.5 Å². The predicted molar refractivity (Wildman–Crippen MR) is 84.7 cm³/mol. The number of hydrogen-bond donors (Lipinski definition) is 3.